The molecule has 134 valence electrons. The Balaban J connectivity index is 2.00. The predicted molar refractivity (Wildman–Crippen MR) is 106 cm³/mol. The lowest BCUT2D eigenvalue weighted by Gasteiger charge is -2.35. The maximum absolute atomic E-state index is 11.8. The number of hydrogen-bond acceptors (Lipinski definition) is 3. The number of carboxylic acid groups (broad SMARTS) is 1. The standard InChI is InChI=1S/C20H19ClN2O2S/c1-4-12-10-26-11-14(12)8-17(19(24)25)22-18-16-6-5-15(21)7-13(16)9-20(2,3)23-18/h1,5-7,10-11,17H,8-9H2,2-3H3,(H,22,23)(H,24,25). The van der Waals surface area contributed by atoms with Gasteiger partial charge < -0.3 is 10.4 Å². The monoisotopic (exact) mass is 386 g/mol. The van der Waals surface area contributed by atoms with Gasteiger partial charge >= 0.3 is 5.97 Å². The second-order valence-corrected chi connectivity index (χ2v) is 8.16. The molecule has 0 radical (unpaired) electrons. The highest BCUT2D eigenvalue weighted by Gasteiger charge is 2.30. The van der Waals surface area contributed by atoms with Crippen molar-refractivity contribution in [3.05, 3.63) is 56.2 Å². The van der Waals surface area contributed by atoms with Gasteiger partial charge in [-0.2, -0.15) is 11.3 Å². The first-order valence-corrected chi connectivity index (χ1v) is 9.50. The van der Waals surface area contributed by atoms with Crippen LogP contribution in [0.4, 0.5) is 0 Å². The number of aliphatic carboxylic acids is 1. The number of carbonyl (C=O) groups is 1. The summed E-state index contributed by atoms with van der Waals surface area (Å²) in [5.41, 5.74) is 3.27. The molecule has 1 unspecified atom stereocenters. The first-order valence-electron chi connectivity index (χ1n) is 8.18. The molecule has 2 heterocycles. The lowest BCUT2D eigenvalue weighted by molar-refractivity contribution is -0.138. The van der Waals surface area contributed by atoms with Gasteiger partial charge in [0.1, 0.15) is 5.84 Å². The van der Waals surface area contributed by atoms with E-state index in [1.807, 2.05) is 22.9 Å². The van der Waals surface area contributed by atoms with Crippen LogP contribution in [0.1, 0.15) is 36.1 Å². The molecular weight excluding hydrogens is 368 g/mol. The molecule has 0 amide bonds. The molecule has 0 spiro atoms. The summed E-state index contributed by atoms with van der Waals surface area (Å²) in [6, 6.07) is 4.67. The van der Waals surface area contributed by atoms with Gasteiger partial charge in [-0.05, 0) is 55.0 Å². The Labute approximate surface area is 161 Å². The van der Waals surface area contributed by atoms with Crippen molar-refractivity contribution < 1.29 is 9.90 Å². The fraction of sp³-hybridized carbons (Fsp3) is 0.300. The number of aliphatic imine (C=N–C) groups is 1. The van der Waals surface area contributed by atoms with Crippen molar-refractivity contribution in [3.63, 3.8) is 0 Å². The predicted octanol–water partition coefficient (Wildman–Crippen LogP) is 3.75. The van der Waals surface area contributed by atoms with Crippen LogP contribution in [0.5, 0.6) is 0 Å². The van der Waals surface area contributed by atoms with Crippen LogP contribution < -0.4 is 5.32 Å². The highest BCUT2D eigenvalue weighted by molar-refractivity contribution is 7.08. The molecular formula is C20H19ClN2O2S. The van der Waals surface area contributed by atoms with Crippen LogP contribution in [0.25, 0.3) is 0 Å². The molecule has 1 aromatic carbocycles. The van der Waals surface area contributed by atoms with Crippen LogP contribution in [0.15, 0.2) is 34.0 Å². The third-order valence-corrected chi connectivity index (χ3v) is 5.32. The maximum Gasteiger partial charge on any atom is 0.328 e. The Bertz CT molecular complexity index is 924. The van der Waals surface area contributed by atoms with Gasteiger partial charge in [0.15, 0.2) is 6.04 Å². The highest BCUT2D eigenvalue weighted by atomic mass is 35.5. The van der Waals surface area contributed by atoms with E-state index in [1.165, 1.54) is 11.3 Å². The summed E-state index contributed by atoms with van der Waals surface area (Å²) in [6.07, 6.45) is 6.53. The number of halogens is 1. The average Bonchev–Trinajstić information content (AvgIpc) is 2.99. The number of nitrogens with one attached hydrogen (secondary N) is 1. The minimum Gasteiger partial charge on any atom is -0.480 e. The summed E-state index contributed by atoms with van der Waals surface area (Å²) in [6.45, 7) is 4.11. The zero-order valence-corrected chi connectivity index (χ0v) is 16.1. The minimum atomic E-state index is -0.979. The summed E-state index contributed by atoms with van der Waals surface area (Å²) < 4.78 is 0. The smallest absolute Gasteiger partial charge is 0.328 e. The van der Waals surface area contributed by atoms with E-state index in [-0.39, 0.29) is 12.0 Å². The quantitative estimate of drug-likeness (QED) is 0.786. The van der Waals surface area contributed by atoms with E-state index in [2.05, 4.69) is 30.1 Å². The summed E-state index contributed by atoms with van der Waals surface area (Å²) in [5, 5.41) is 17.4. The third kappa shape index (κ3) is 3.92. The van der Waals surface area contributed by atoms with Crippen LogP contribution >= 0.6 is 22.9 Å². The Morgan fingerprint density at radius 3 is 2.96 bits per heavy atom. The molecule has 0 aliphatic carbocycles. The summed E-state index contributed by atoms with van der Waals surface area (Å²) in [4.78, 5) is 16.4. The van der Waals surface area contributed by atoms with Crippen molar-refractivity contribution >= 4 is 34.7 Å². The lowest BCUT2D eigenvalue weighted by atomic mass is 9.87. The van der Waals surface area contributed by atoms with Crippen LogP contribution in [0, 0.1) is 12.3 Å². The molecule has 0 saturated carbocycles. The van der Waals surface area contributed by atoms with E-state index in [0.29, 0.717) is 10.9 Å². The number of fused-ring (bicyclic) bond motifs is 1. The van der Waals surface area contributed by atoms with Gasteiger partial charge in [0.2, 0.25) is 0 Å². The van der Waals surface area contributed by atoms with Crippen molar-refractivity contribution in [1.82, 2.24) is 5.32 Å². The SMILES string of the molecule is C#Cc1cscc1CC(N=C1NC(C)(C)Cc2cc(Cl)ccc21)C(=O)O. The number of terminal acetylenes is 1. The van der Waals surface area contributed by atoms with Gasteiger partial charge in [-0.15, -0.1) is 6.42 Å². The molecule has 1 aliphatic heterocycles. The molecule has 2 N–H and O–H groups in total. The van der Waals surface area contributed by atoms with Crippen LogP contribution in [-0.2, 0) is 17.6 Å². The summed E-state index contributed by atoms with van der Waals surface area (Å²) in [7, 11) is 0. The molecule has 0 saturated heterocycles. The van der Waals surface area contributed by atoms with Gasteiger partial charge in [0, 0.05) is 33.5 Å². The zero-order valence-electron chi connectivity index (χ0n) is 14.5. The lowest BCUT2D eigenvalue weighted by Crippen LogP contribution is -2.50. The fourth-order valence-electron chi connectivity index (χ4n) is 3.11. The number of hydrogen-bond donors (Lipinski definition) is 2. The molecule has 1 atom stereocenters. The number of carboxylic acids is 1. The molecule has 0 fully saturated rings. The van der Waals surface area contributed by atoms with Crippen molar-refractivity contribution in [2.24, 2.45) is 4.99 Å². The van der Waals surface area contributed by atoms with E-state index >= 15 is 0 Å². The Morgan fingerprint density at radius 2 is 2.27 bits per heavy atom. The summed E-state index contributed by atoms with van der Waals surface area (Å²) in [5.74, 6) is 2.20. The van der Waals surface area contributed by atoms with E-state index in [4.69, 9.17) is 18.0 Å². The highest BCUT2D eigenvalue weighted by Crippen LogP contribution is 2.27. The minimum absolute atomic E-state index is 0.244. The normalized spacial score (nSPS) is 17.8. The molecule has 6 heteroatoms. The van der Waals surface area contributed by atoms with Gasteiger partial charge in [-0.25, -0.2) is 4.79 Å². The molecule has 2 aromatic rings. The van der Waals surface area contributed by atoms with E-state index in [9.17, 15) is 9.90 Å². The van der Waals surface area contributed by atoms with Crippen LogP contribution in [0.2, 0.25) is 5.02 Å². The second-order valence-electron chi connectivity index (χ2n) is 6.98. The Kier molecular flexibility index (Phi) is 5.08. The molecule has 3 rings (SSSR count). The maximum atomic E-state index is 11.8. The van der Waals surface area contributed by atoms with E-state index in [1.54, 1.807) is 6.07 Å². The van der Waals surface area contributed by atoms with Crippen molar-refractivity contribution in [2.75, 3.05) is 0 Å². The first-order chi connectivity index (χ1) is 12.3. The topological polar surface area (TPSA) is 61.7 Å². The summed E-state index contributed by atoms with van der Waals surface area (Å²) >= 11 is 7.60. The van der Waals surface area contributed by atoms with E-state index in [0.717, 1.165) is 28.7 Å². The fourth-order valence-corrected chi connectivity index (χ4v) is 4.12. The number of benzene rings is 1. The van der Waals surface area contributed by atoms with Gasteiger partial charge in [0.25, 0.3) is 0 Å². The van der Waals surface area contributed by atoms with E-state index < -0.39 is 12.0 Å². The zero-order chi connectivity index (χ0) is 18.9. The molecule has 1 aliphatic rings. The van der Waals surface area contributed by atoms with Gasteiger partial charge in [-0.1, -0.05) is 17.5 Å². The van der Waals surface area contributed by atoms with Crippen LogP contribution in [-0.4, -0.2) is 28.5 Å². The van der Waals surface area contributed by atoms with Gasteiger partial charge in [0.05, 0.1) is 0 Å². The first kappa shape index (κ1) is 18.5. The van der Waals surface area contributed by atoms with Gasteiger partial charge in [-0.3, -0.25) is 4.99 Å². The Morgan fingerprint density at radius 1 is 1.50 bits per heavy atom. The van der Waals surface area contributed by atoms with Crippen molar-refractivity contribution in [3.8, 4) is 12.3 Å². The number of amidine groups is 1. The number of nitrogens with zero attached hydrogens (tertiary/aromatic N) is 1. The third-order valence-electron chi connectivity index (χ3n) is 4.29. The number of rotatable bonds is 4. The van der Waals surface area contributed by atoms with Crippen molar-refractivity contribution in [2.45, 2.75) is 38.3 Å². The van der Waals surface area contributed by atoms with Crippen molar-refractivity contribution in [1.29, 1.82) is 0 Å². The van der Waals surface area contributed by atoms with Crippen LogP contribution in [0.3, 0.4) is 0 Å². The molecule has 4 nitrogen and oxygen atoms in total. The largest absolute Gasteiger partial charge is 0.480 e. The second kappa shape index (κ2) is 7.14. The molecule has 26 heavy (non-hydrogen) atoms. The number of thiophene rings is 1. The average molecular weight is 387 g/mol. The Hall–Kier alpha value is -2.29. The molecule has 1 aromatic heterocycles. The molecule has 0 bridgehead atoms.